The van der Waals surface area contributed by atoms with Crippen molar-refractivity contribution in [2.24, 2.45) is 0 Å². The Morgan fingerprint density at radius 3 is 1.91 bits per heavy atom. The first kappa shape index (κ1) is 24.4. The van der Waals surface area contributed by atoms with E-state index in [1.807, 2.05) is 27.7 Å². The predicted molar refractivity (Wildman–Crippen MR) is 113 cm³/mol. The Morgan fingerprint density at radius 2 is 1.32 bits per heavy atom. The molecule has 2 saturated carbocycles. The largest absolute Gasteiger partial charge is 0.457 e. The van der Waals surface area contributed by atoms with E-state index in [2.05, 4.69) is 15.9 Å². The summed E-state index contributed by atoms with van der Waals surface area (Å²) in [5.41, 5.74) is -2.56. The van der Waals surface area contributed by atoms with Crippen LogP contribution in [-0.4, -0.2) is 87.7 Å². The molecule has 0 radical (unpaired) electrons. The van der Waals surface area contributed by atoms with Crippen LogP contribution in [0.2, 0.25) is 0 Å². The maximum atomic E-state index is 12.0. The van der Waals surface area contributed by atoms with Crippen molar-refractivity contribution in [3.63, 3.8) is 0 Å². The van der Waals surface area contributed by atoms with Gasteiger partial charge in [0.25, 0.3) is 0 Å². The molecule has 1 N–H and O–H groups in total. The van der Waals surface area contributed by atoms with Gasteiger partial charge >= 0.3 is 17.9 Å². The second-order valence-corrected chi connectivity index (χ2v) is 11.2. The van der Waals surface area contributed by atoms with Crippen molar-refractivity contribution in [1.82, 2.24) is 0 Å². The summed E-state index contributed by atoms with van der Waals surface area (Å²) in [5, 5.41) is 10.0. The summed E-state index contributed by atoms with van der Waals surface area (Å²) in [5.74, 6) is -2.86. The average Bonchev–Trinajstić information content (AvgIpc) is 3.36. The van der Waals surface area contributed by atoms with Crippen molar-refractivity contribution < 1.29 is 52.6 Å². The fourth-order valence-corrected chi connectivity index (χ4v) is 5.91. The van der Waals surface area contributed by atoms with Gasteiger partial charge in [-0.2, -0.15) is 0 Å². The van der Waals surface area contributed by atoms with Gasteiger partial charge in [0.15, 0.2) is 17.2 Å². The number of esters is 3. The van der Waals surface area contributed by atoms with Gasteiger partial charge in [0.2, 0.25) is 5.60 Å². The second kappa shape index (κ2) is 7.84. The highest BCUT2D eigenvalue weighted by Crippen LogP contribution is 2.48. The number of carbonyl (C=O) groups is 3. The van der Waals surface area contributed by atoms with E-state index in [-0.39, 0.29) is 48.7 Å². The van der Waals surface area contributed by atoms with E-state index in [9.17, 15) is 19.5 Å². The zero-order chi connectivity index (χ0) is 24.7. The molecule has 2 unspecified atom stereocenters. The van der Waals surface area contributed by atoms with Crippen LogP contribution in [0.3, 0.4) is 0 Å². The van der Waals surface area contributed by atoms with Crippen LogP contribution in [0.4, 0.5) is 0 Å². The molecule has 6 aliphatic rings. The van der Waals surface area contributed by atoms with Crippen LogP contribution in [0.15, 0.2) is 0 Å². The molecule has 4 heterocycles. The Kier molecular flexibility index (Phi) is 5.63. The van der Waals surface area contributed by atoms with E-state index >= 15 is 0 Å². The Labute approximate surface area is 204 Å². The Morgan fingerprint density at radius 1 is 0.853 bits per heavy atom. The lowest BCUT2D eigenvalue weighted by Gasteiger charge is -2.32. The third-order valence-corrected chi connectivity index (χ3v) is 7.46. The van der Waals surface area contributed by atoms with Crippen LogP contribution in [0.1, 0.15) is 53.4 Å². The second-order valence-electron chi connectivity index (χ2n) is 10.6. The van der Waals surface area contributed by atoms with Crippen LogP contribution in [-0.2, 0) is 47.5 Å². The summed E-state index contributed by atoms with van der Waals surface area (Å²) >= 11 is 3.02. The van der Waals surface area contributed by atoms with E-state index < -0.39 is 46.8 Å². The van der Waals surface area contributed by atoms with Gasteiger partial charge in [-0.25, -0.2) is 9.59 Å². The van der Waals surface area contributed by atoms with Crippen molar-refractivity contribution in [2.75, 3.05) is 5.33 Å². The molecule has 0 aromatic carbocycles. The molecule has 0 aromatic rings. The maximum Gasteiger partial charge on any atom is 0.351 e. The number of carbonyl (C=O) groups excluding carboxylic acids is 3. The normalized spacial score (nSPS) is 46.5. The molecule has 0 spiro atoms. The average molecular weight is 549 g/mol. The zero-order valence-corrected chi connectivity index (χ0v) is 21.0. The fourth-order valence-electron chi connectivity index (χ4n) is 5.80. The molecular formula is C22H29BrO11. The first-order valence-electron chi connectivity index (χ1n) is 11.4. The summed E-state index contributed by atoms with van der Waals surface area (Å²) in [6.45, 7) is 7.28. The lowest BCUT2D eigenvalue weighted by molar-refractivity contribution is -0.180. The molecule has 4 aliphatic heterocycles. The number of hydrogen-bond acceptors (Lipinski definition) is 11. The molecule has 8 atom stereocenters. The minimum absolute atomic E-state index is 0.0453. The molecular weight excluding hydrogens is 520 g/mol. The lowest BCUT2D eigenvalue weighted by Crippen LogP contribution is -2.49. The first-order chi connectivity index (χ1) is 15.7. The smallest absolute Gasteiger partial charge is 0.351 e. The van der Waals surface area contributed by atoms with E-state index in [4.69, 9.17) is 33.2 Å². The van der Waals surface area contributed by atoms with E-state index in [1.54, 1.807) is 0 Å². The van der Waals surface area contributed by atoms with Gasteiger partial charge < -0.3 is 38.3 Å². The third-order valence-electron chi connectivity index (χ3n) is 7.00. The zero-order valence-electron chi connectivity index (χ0n) is 19.4. The third kappa shape index (κ3) is 4.05. The highest BCUT2D eigenvalue weighted by molar-refractivity contribution is 9.09. The van der Waals surface area contributed by atoms with E-state index in [1.165, 1.54) is 0 Å². The molecule has 6 rings (SSSR count). The maximum absolute atomic E-state index is 12.0. The van der Waals surface area contributed by atoms with Gasteiger partial charge in [-0.1, -0.05) is 15.9 Å². The van der Waals surface area contributed by atoms with Gasteiger partial charge in [-0.3, -0.25) is 4.79 Å². The van der Waals surface area contributed by atoms with Crippen LogP contribution in [0.5, 0.6) is 0 Å². The minimum atomic E-state index is -1.35. The number of hydrogen-bond donors (Lipinski definition) is 1. The summed E-state index contributed by atoms with van der Waals surface area (Å²) < 4.78 is 38.5. The van der Waals surface area contributed by atoms with Gasteiger partial charge in [-0.05, 0) is 27.7 Å². The fraction of sp³-hybridized carbons (Fsp3) is 0.864. The van der Waals surface area contributed by atoms with Crippen LogP contribution in [0.25, 0.3) is 0 Å². The first-order valence-corrected chi connectivity index (χ1v) is 12.5. The summed E-state index contributed by atoms with van der Waals surface area (Å²) in [4.78, 5) is 34.9. The standard InChI is InChI=1S/C12H15BrO6.C10H14O5/c1-11(2)17-7-4-12(18-8(14)5-13)3-6(9(7)19-11)16-10(12)15;1-9(2)14-6-4-10(12)3-5(7(6)15-9)13-8(10)11/h6-7,9H,3-5H2,1-2H3;5-7,12H,3-4H2,1-2H3/t6-,7-,9?,12-;5-,6-,7?,10-/m11/s1. The van der Waals surface area contributed by atoms with Gasteiger partial charge in [0.1, 0.15) is 29.7 Å². The topological polar surface area (TPSA) is 136 Å². The SMILES string of the molecule is CC1(C)OC2[C@H]3C[C@@](O)(C[C@H]2O1)C(=O)O3.CC1(C)OC2[C@H]3C[C@@](OC(=O)CBr)(C[C@H]2O1)C(=O)O3. The Bertz CT molecular complexity index is 905. The molecule has 34 heavy (non-hydrogen) atoms. The van der Waals surface area contributed by atoms with E-state index in [0.29, 0.717) is 12.8 Å². The van der Waals surface area contributed by atoms with E-state index in [0.717, 1.165) is 0 Å². The molecule has 4 saturated heterocycles. The van der Waals surface area contributed by atoms with Crippen LogP contribution in [0, 0.1) is 0 Å². The molecule has 6 fully saturated rings. The summed E-state index contributed by atoms with van der Waals surface area (Å²) in [7, 11) is 0. The highest BCUT2D eigenvalue weighted by Gasteiger charge is 2.65. The van der Waals surface area contributed by atoms with Crippen molar-refractivity contribution >= 4 is 33.8 Å². The summed E-state index contributed by atoms with van der Waals surface area (Å²) in [6, 6.07) is 0. The molecule has 4 bridgehead atoms. The number of rotatable bonds is 2. The lowest BCUT2D eigenvalue weighted by atomic mass is 9.82. The molecule has 0 aromatic heterocycles. The van der Waals surface area contributed by atoms with Crippen molar-refractivity contribution in [2.45, 2.75) is 113 Å². The van der Waals surface area contributed by atoms with Crippen molar-refractivity contribution in [1.29, 1.82) is 0 Å². The highest BCUT2D eigenvalue weighted by atomic mass is 79.9. The number of fused-ring (bicyclic) bond motifs is 8. The quantitative estimate of drug-likeness (QED) is 0.299. The predicted octanol–water partition coefficient (Wildman–Crippen LogP) is 0.859. The van der Waals surface area contributed by atoms with Gasteiger partial charge in [0, 0.05) is 25.7 Å². The summed E-state index contributed by atoms with van der Waals surface area (Å²) in [6.07, 6.45) is -0.579. The molecule has 2 aliphatic carbocycles. The van der Waals surface area contributed by atoms with Gasteiger partial charge in [-0.15, -0.1) is 0 Å². The van der Waals surface area contributed by atoms with Crippen molar-refractivity contribution in [3.8, 4) is 0 Å². The number of aliphatic hydroxyl groups is 1. The Balaban J connectivity index is 0.000000145. The molecule has 0 amide bonds. The van der Waals surface area contributed by atoms with Crippen LogP contribution >= 0.6 is 15.9 Å². The molecule has 12 heteroatoms. The molecule has 11 nitrogen and oxygen atoms in total. The van der Waals surface area contributed by atoms with Gasteiger partial charge in [0.05, 0.1) is 12.2 Å². The minimum Gasteiger partial charge on any atom is -0.457 e. The monoisotopic (exact) mass is 548 g/mol. The Hall–Kier alpha value is -1.31. The number of ether oxygens (including phenoxy) is 7. The molecule has 190 valence electrons. The van der Waals surface area contributed by atoms with Crippen LogP contribution < -0.4 is 0 Å². The van der Waals surface area contributed by atoms with Crippen molar-refractivity contribution in [3.05, 3.63) is 0 Å². The number of alkyl halides is 1. The number of halogens is 1.